The van der Waals surface area contributed by atoms with E-state index in [1.807, 2.05) is 6.92 Å². The average molecular weight is 310 g/mol. The molecule has 6 heteroatoms. The second-order valence-electron chi connectivity index (χ2n) is 5.41. The Bertz CT molecular complexity index is 499. The Morgan fingerprint density at radius 2 is 2.05 bits per heavy atom. The molecule has 4 nitrogen and oxygen atoms in total. The quantitative estimate of drug-likeness (QED) is 0.648. The molecule has 1 aliphatic rings. The largest absolute Gasteiger partial charge is 0.365 e. The number of aliphatic imine (C=N–C) groups is 1. The van der Waals surface area contributed by atoms with Crippen molar-refractivity contribution >= 4 is 11.6 Å². The van der Waals surface area contributed by atoms with Crippen molar-refractivity contribution in [2.24, 2.45) is 4.99 Å². The number of halogens is 2. The molecular weight excluding hydrogens is 286 g/mol. The van der Waals surface area contributed by atoms with Crippen LogP contribution in [0.25, 0.3) is 0 Å². The van der Waals surface area contributed by atoms with E-state index in [0.717, 1.165) is 31.9 Å². The molecule has 0 radical (unpaired) electrons. The lowest BCUT2D eigenvalue weighted by Gasteiger charge is -2.21. The highest BCUT2D eigenvalue weighted by atomic mass is 19.1. The molecule has 1 atom stereocenters. The average Bonchev–Trinajstić information content (AvgIpc) is 2.93. The fourth-order valence-electron chi connectivity index (χ4n) is 2.61. The van der Waals surface area contributed by atoms with Crippen LogP contribution in [0.3, 0.4) is 0 Å². The third kappa shape index (κ3) is 4.08. The molecule has 0 bridgehead atoms. The van der Waals surface area contributed by atoms with Crippen LogP contribution in [-0.2, 0) is 0 Å². The highest BCUT2D eigenvalue weighted by Gasteiger charge is 2.27. The zero-order chi connectivity index (χ0) is 15.9. The van der Waals surface area contributed by atoms with Gasteiger partial charge in [0.15, 0.2) is 5.96 Å². The van der Waals surface area contributed by atoms with Gasteiger partial charge in [-0.25, -0.2) is 8.78 Å². The molecule has 1 aliphatic heterocycles. The van der Waals surface area contributed by atoms with E-state index in [4.69, 9.17) is 0 Å². The fourth-order valence-corrected chi connectivity index (χ4v) is 2.61. The van der Waals surface area contributed by atoms with E-state index in [2.05, 4.69) is 22.5 Å². The highest BCUT2D eigenvalue weighted by molar-refractivity contribution is 5.80. The maximum atomic E-state index is 13.8. The van der Waals surface area contributed by atoms with Crippen LogP contribution in [0.4, 0.5) is 14.5 Å². The van der Waals surface area contributed by atoms with Crippen LogP contribution in [0.2, 0.25) is 0 Å². The van der Waals surface area contributed by atoms with Gasteiger partial charge in [0, 0.05) is 32.2 Å². The first-order valence-corrected chi connectivity index (χ1v) is 7.89. The van der Waals surface area contributed by atoms with Gasteiger partial charge in [0.05, 0.1) is 0 Å². The van der Waals surface area contributed by atoms with E-state index in [0.29, 0.717) is 13.1 Å². The van der Waals surface area contributed by atoms with Crippen LogP contribution in [-0.4, -0.2) is 38.2 Å². The Labute approximate surface area is 130 Å². The zero-order valence-corrected chi connectivity index (χ0v) is 13.2. The lowest BCUT2D eigenvalue weighted by Crippen LogP contribution is -2.44. The summed E-state index contributed by atoms with van der Waals surface area (Å²) in [4.78, 5) is 6.21. The zero-order valence-electron chi connectivity index (χ0n) is 13.2. The van der Waals surface area contributed by atoms with Crippen LogP contribution >= 0.6 is 0 Å². The fraction of sp³-hybridized carbons (Fsp3) is 0.562. The summed E-state index contributed by atoms with van der Waals surface area (Å²) < 4.78 is 27.7. The van der Waals surface area contributed by atoms with E-state index < -0.39 is 11.6 Å². The van der Waals surface area contributed by atoms with Crippen molar-refractivity contribution in [1.82, 2.24) is 10.6 Å². The van der Waals surface area contributed by atoms with E-state index in [1.54, 1.807) is 4.90 Å². The molecule has 0 spiro atoms. The van der Waals surface area contributed by atoms with E-state index in [1.165, 1.54) is 18.2 Å². The van der Waals surface area contributed by atoms with Gasteiger partial charge in [-0.05, 0) is 31.9 Å². The van der Waals surface area contributed by atoms with Gasteiger partial charge in [-0.1, -0.05) is 13.0 Å². The minimum Gasteiger partial charge on any atom is -0.365 e. The summed E-state index contributed by atoms with van der Waals surface area (Å²) in [5, 5.41) is 6.54. The Kier molecular flexibility index (Phi) is 5.98. The number of nitrogens with zero attached hydrogens (tertiary/aromatic N) is 2. The normalized spacial score (nSPS) is 18.6. The molecule has 22 heavy (non-hydrogen) atoms. The van der Waals surface area contributed by atoms with Gasteiger partial charge in [0.2, 0.25) is 0 Å². The Hall–Kier alpha value is -1.85. The number of hydrogen-bond acceptors (Lipinski definition) is 2. The predicted molar refractivity (Wildman–Crippen MR) is 86.4 cm³/mol. The molecule has 0 amide bonds. The monoisotopic (exact) mass is 310 g/mol. The summed E-state index contributed by atoms with van der Waals surface area (Å²) in [5.41, 5.74) is 0.0716. The van der Waals surface area contributed by atoms with Crippen LogP contribution in [0, 0.1) is 11.6 Å². The summed E-state index contributed by atoms with van der Waals surface area (Å²) in [6.45, 7) is 6.82. The first kappa shape index (κ1) is 16.5. The minimum absolute atomic E-state index is 0.0716. The molecule has 0 aromatic heterocycles. The molecule has 0 saturated carbocycles. The molecule has 2 rings (SSSR count). The number of anilines is 1. The number of guanidine groups is 1. The van der Waals surface area contributed by atoms with Gasteiger partial charge in [-0.2, -0.15) is 0 Å². The number of rotatable bonds is 5. The van der Waals surface area contributed by atoms with Crippen molar-refractivity contribution in [3.63, 3.8) is 0 Å². The van der Waals surface area contributed by atoms with Crippen molar-refractivity contribution in [3.05, 3.63) is 29.8 Å². The lowest BCUT2D eigenvalue weighted by atomic mass is 10.2. The summed E-state index contributed by atoms with van der Waals surface area (Å²) >= 11 is 0. The number of nitrogens with one attached hydrogen (secondary N) is 2. The van der Waals surface area contributed by atoms with Gasteiger partial charge < -0.3 is 15.5 Å². The summed E-state index contributed by atoms with van der Waals surface area (Å²) in [6.07, 6.45) is 1.80. The molecule has 1 heterocycles. The second kappa shape index (κ2) is 7.96. The number of hydrogen-bond donors (Lipinski definition) is 2. The van der Waals surface area contributed by atoms with E-state index in [-0.39, 0.29) is 11.7 Å². The molecule has 1 aromatic carbocycles. The van der Waals surface area contributed by atoms with Crippen LogP contribution in [0.5, 0.6) is 0 Å². The first-order valence-electron chi connectivity index (χ1n) is 7.89. The molecular formula is C16H24F2N4. The lowest BCUT2D eigenvalue weighted by molar-refractivity contribution is 0.576. The molecule has 0 aliphatic carbocycles. The highest BCUT2D eigenvalue weighted by Crippen LogP contribution is 2.26. The minimum atomic E-state index is -0.507. The second-order valence-corrected chi connectivity index (χ2v) is 5.41. The molecule has 1 fully saturated rings. The van der Waals surface area contributed by atoms with E-state index in [9.17, 15) is 8.78 Å². The van der Waals surface area contributed by atoms with Crippen molar-refractivity contribution < 1.29 is 8.78 Å². The molecule has 1 aromatic rings. The van der Waals surface area contributed by atoms with Gasteiger partial charge >= 0.3 is 0 Å². The smallest absolute Gasteiger partial charge is 0.191 e. The predicted octanol–water partition coefficient (Wildman–Crippen LogP) is 2.51. The van der Waals surface area contributed by atoms with Crippen LogP contribution in [0.15, 0.2) is 23.2 Å². The van der Waals surface area contributed by atoms with Crippen molar-refractivity contribution in [2.45, 2.75) is 32.7 Å². The van der Waals surface area contributed by atoms with Gasteiger partial charge in [0.25, 0.3) is 0 Å². The Morgan fingerprint density at radius 1 is 1.32 bits per heavy atom. The third-order valence-corrected chi connectivity index (χ3v) is 3.62. The van der Waals surface area contributed by atoms with Crippen molar-refractivity contribution in [1.29, 1.82) is 0 Å². The maximum absolute atomic E-state index is 13.8. The summed E-state index contributed by atoms with van der Waals surface area (Å²) in [5.74, 6) is -0.246. The number of para-hydroxylation sites is 1. The SMILES string of the molecule is CCCN=C(NCC)NC1CCN(c2c(F)cccc2F)C1. The molecule has 122 valence electrons. The third-order valence-electron chi connectivity index (χ3n) is 3.62. The first-order chi connectivity index (χ1) is 10.7. The molecule has 1 saturated heterocycles. The van der Waals surface area contributed by atoms with Gasteiger partial charge in [0.1, 0.15) is 17.3 Å². The number of benzene rings is 1. The van der Waals surface area contributed by atoms with Crippen LogP contribution in [0.1, 0.15) is 26.7 Å². The summed E-state index contributed by atoms with van der Waals surface area (Å²) in [7, 11) is 0. The Balaban J connectivity index is 2.00. The maximum Gasteiger partial charge on any atom is 0.191 e. The van der Waals surface area contributed by atoms with E-state index >= 15 is 0 Å². The molecule has 2 N–H and O–H groups in total. The van der Waals surface area contributed by atoms with Crippen molar-refractivity contribution in [3.8, 4) is 0 Å². The molecule has 1 unspecified atom stereocenters. The standard InChI is InChI=1S/C16H24F2N4/c1-3-9-20-16(19-4-2)21-12-8-10-22(11-12)15-13(17)6-5-7-14(15)18/h5-7,12H,3-4,8-11H2,1-2H3,(H2,19,20,21). The van der Waals surface area contributed by atoms with Gasteiger partial charge in [-0.3, -0.25) is 4.99 Å². The van der Waals surface area contributed by atoms with Gasteiger partial charge in [-0.15, -0.1) is 0 Å². The summed E-state index contributed by atoms with van der Waals surface area (Å²) in [6, 6.07) is 4.12. The van der Waals surface area contributed by atoms with Crippen molar-refractivity contribution in [2.75, 3.05) is 31.1 Å². The van der Waals surface area contributed by atoms with Crippen LogP contribution < -0.4 is 15.5 Å². The Morgan fingerprint density at radius 3 is 2.68 bits per heavy atom. The topological polar surface area (TPSA) is 39.7 Å².